The standard InChI is InChI=1S/C14H19N3S/c1-2-10-15-13(14-11-16-18-17-14)9-8-12-6-4-3-5-7-12/h3-7,11,13,15H,2,8-10H2,1H3. The Hall–Kier alpha value is -1.26. The Labute approximate surface area is 113 Å². The maximum Gasteiger partial charge on any atom is 0.0912 e. The van der Waals surface area contributed by atoms with Crippen LogP contribution >= 0.6 is 11.7 Å². The summed E-state index contributed by atoms with van der Waals surface area (Å²) in [4.78, 5) is 0. The van der Waals surface area contributed by atoms with Gasteiger partial charge < -0.3 is 5.32 Å². The van der Waals surface area contributed by atoms with Crippen LogP contribution in [0, 0.1) is 0 Å². The normalized spacial score (nSPS) is 12.5. The fourth-order valence-corrected chi connectivity index (χ4v) is 2.43. The van der Waals surface area contributed by atoms with Gasteiger partial charge in [0.1, 0.15) is 0 Å². The van der Waals surface area contributed by atoms with Crippen molar-refractivity contribution in [2.75, 3.05) is 6.54 Å². The van der Waals surface area contributed by atoms with E-state index in [2.05, 4.69) is 51.3 Å². The van der Waals surface area contributed by atoms with Crippen molar-refractivity contribution in [1.82, 2.24) is 14.1 Å². The van der Waals surface area contributed by atoms with Crippen LogP contribution in [0.1, 0.15) is 37.1 Å². The molecule has 4 heteroatoms. The van der Waals surface area contributed by atoms with Gasteiger partial charge in [0, 0.05) is 0 Å². The molecule has 0 aliphatic rings. The van der Waals surface area contributed by atoms with Gasteiger partial charge in [-0.1, -0.05) is 37.3 Å². The van der Waals surface area contributed by atoms with Crippen molar-refractivity contribution >= 4 is 11.7 Å². The van der Waals surface area contributed by atoms with Crippen LogP contribution in [0.2, 0.25) is 0 Å². The maximum absolute atomic E-state index is 4.35. The molecule has 1 N–H and O–H groups in total. The Kier molecular flexibility index (Phi) is 5.30. The van der Waals surface area contributed by atoms with Gasteiger partial charge in [0.25, 0.3) is 0 Å². The first-order chi connectivity index (χ1) is 8.90. The molecule has 18 heavy (non-hydrogen) atoms. The van der Waals surface area contributed by atoms with Crippen LogP contribution in [-0.4, -0.2) is 15.3 Å². The minimum absolute atomic E-state index is 0.323. The maximum atomic E-state index is 4.35. The highest BCUT2D eigenvalue weighted by Crippen LogP contribution is 2.17. The Morgan fingerprint density at radius 2 is 2.11 bits per heavy atom. The van der Waals surface area contributed by atoms with E-state index >= 15 is 0 Å². The van der Waals surface area contributed by atoms with Crippen molar-refractivity contribution in [3.63, 3.8) is 0 Å². The van der Waals surface area contributed by atoms with Gasteiger partial charge in [0.05, 0.1) is 29.7 Å². The second kappa shape index (κ2) is 7.24. The quantitative estimate of drug-likeness (QED) is 0.831. The van der Waals surface area contributed by atoms with Gasteiger partial charge in [0.2, 0.25) is 0 Å². The first kappa shape index (κ1) is 13.2. The van der Waals surface area contributed by atoms with Gasteiger partial charge in [-0.15, -0.1) is 0 Å². The highest BCUT2D eigenvalue weighted by atomic mass is 32.1. The van der Waals surface area contributed by atoms with Gasteiger partial charge in [-0.3, -0.25) is 0 Å². The van der Waals surface area contributed by atoms with Crippen LogP contribution in [0.25, 0.3) is 0 Å². The van der Waals surface area contributed by atoms with Crippen molar-refractivity contribution in [1.29, 1.82) is 0 Å². The molecule has 0 aliphatic carbocycles. The first-order valence-corrected chi connectivity index (χ1v) is 7.18. The van der Waals surface area contributed by atoms with Gasteiger partial charge in [-0.25, -0.2) is 0 Å². The molecule has 0 fully saturated rings. The molecule has 1 aromatic heterocycles. The summed E-state index contributed by atoms with van der Waals surface area (Å²) in [5, 5.41) is 3.55. The SMILES string of the molecule is CCCNC(CCc1ccccc1)c1cnsn1. The lowest BCUT2D eigenvalue weighted by molar-refractivity contribution is 0.491. The Morgan fingerprint density at radius 1 is 1.28 bits per heavy atom. The molecule has 0 aliphatic heterocycles. The average molecular weight is 261 g/mol. The molecule has 0 saturated carbocycles. The summed E-state index contributed by atoms with van der Waals surface area (Å²) in [6.45, 7) is 3.21. The summed E-state index contributed by atoms with van der Waals surface area (Å²) in [5.74, 6) is 0. The number of aromatic nitrogens is 2. The molecule has 1 aromatic carbocycles. The fourth-order valence-electron chi connectivity index (χ4n) is 1.95. The smallest absolute Gasteiger partial charge is 0.0912 e. The van der Waals surface area contributed by atoms with E-state index in [4.69, 9.17) is 0 Å². The Morgan fingerprint density at radius 3 is 2.78 bits per heavy atom. The molecule has 1 heterocycles. The van der Waals surface area contributed by atoms with Gasteiger partial charge >= 0.3 is 0 Å². The van der Waals surface area contributed by atoms with Crippen LogP contribution in [-0.2, 0) is 6.42 Å². The topological polar surface area (TPSA) is 37.8 Å². The zero-order valence-corrected chi connectivity index (χ0v) is 11.5. The summed E-state index contributed by atoms with van der Waals surface area (Å²) >= 11 is 1.28. The first-order valence-electron chi connectivity index (χ1n) is 6.45. The minimum Gasteiger partial charge on any atom is -0.309 e. The molecular weight excluding hydrogens is 242 g/mol. The zero-order valence-electron chi connectivity index (χ0n) is 10.7. The monoisotopic (exact) mass is 261 g/mol. The van der Waals surface area contributed by atoms with Gasteiger partial charge in [-0.05, 0) is 31.4 Å². The van der Waals surface area contributed by atoms with Gasteiger partial charge in [0.15, 0.2) is 0 Å². The molecule has 2 aromatic rings. The predicted octanol–water partition coefficient (Wildman–Crippen LogP) is 3.21. The third-order valence-electron chi connectivity index (χ3n) is 2.94. The minimum atomic E-state index is 0.323. The molecule has 1 unspecified atom stereocenters. The number of hydrogen-bond donors (Lipinski definition) is 1. The van der Waals surface area contributed by atoms with Crippen molar-refractivity contribution in [2.24, 2.45) is 0 Å². The molecule has 3 nitrogen and oxygen atoms in total. The number of nitrogens with zero attached hydrogens (tertiary/aromatic N) is 2. The lowest BCUT2D eigenvalue weighted by Gasteiger charge is -2.15. The molecule has 0 bridgehead atoms. The van der Waals surface area contributed by atoms with E-state index in [9.17, 15) is 0 Å². The molecule has 0 amide bonds. The number of aryl methyl sites for hydroxylation is 1. The lowest BCUT2D eigenvalue weighted by Crippen LogP contribution is -2.23. The fraction of sp³-hybridized carbons (Fsp3) is 0.429. The molecule has 0 spiro atoms. The summed E-state index contributed by atoms with van der Waals surface area (Å²) in [7, 11) is 0. The van der Waals surface area contributed by atoms with Crippen LogP contribution in [0.4, 0.5) is 0 Å². The predicted molar refractivity (Wildman–Crippen MR) is 75.7 cm³/mol. The molecular formula is C14H19N3S. The van der Waals surface area contributed by atoms with Crippen molar-refractivity contribution < 1.29 is 0 Å². The largest absolute Gasteiger partial charge is 0.309 e. The van der Waals surface area contributed by atoms with E-state index in [0.29, 0.717) is 6.04 Å². The molecule has 2 rings (SSSR count). The second-order valence-electron chi connectivity index (χ2n) is 4.36. The Bertz CT molecular complexity index is 428. The highest BCUT2D eigenvalue weighted by molar-refractivity contribution is 6.99. The van der Waals surface area contributed by atoms with E-state index in [1.54, 1.807) is 0 Å². The van der Waals surface area contributed by atoms with E-state index in [1.165, 1.54) is 17.3 Å². The van der Waals surface area contributed by atoms with Crippen LogP contribution in [0.5, 0.6) is 0 Å². The number of hydrogen-bond acceptors (Lipinski definition) is 4. The van der Waals surface area contributed by atoms with Crippen LogP contribution < -0.4 is 5.32 Å². The molecule has 0 saturated heterocycles. The van der Waals surface area contributed by atoms with E-state index in [1.807, 2.05) is 6.20 Å². The van der Waals surface area contributed by atoms with Crippen molar-refractivity contribution in [3.05, 3.63) is 47.8 Å². The van der Waals surface area contributed by atoms with Crippen molar-refractivity contribution in [2.45, 2.75) is 32.2 Å². The summed E-state index contributed by atoms with van der Waals surface area (Å²) < 4.78 is 8.45. The van der Waals surface area contributed by atoms with Crippen molar-refractivity contribution in [3.8, 4) is 0 Å². The number of benzene rings is 1. The zero-order chi connectivity index (χ0) is 12.6. The third-order valence-corrected chi connectivity index (χ3v) is 3.43. The molecule has 96 valence electrons. The van der Waals surface area contributed by atoms with Crippen LogP contribution in [0.15, 0.2) is 36.5 Å². The number of nitrogens with one attached hydrogen (secondary N) is 1. The lowest BCUT2D eigenvalue weighted by atomic mass is 10.0. The van der Waals surface area contributed by atoms with Crippen LogP contribution in [0.3, 0.4) is 0 Å². The van der Waals surface area contributed by atoms with E-state index in [0.717, 1.165) is 31.5 Å². The highest BCUT2D eigenvalue weighted by Gasteiger charge is 2.13. The van der Waals surface area contributed by atoms with E-state index in [-0.39, 0.29) is 0 Å². The third kappa shape index (κ3) is 3.89. The van der Waals surface area contributed by atoms with E-state index < -0.39 is 0 Å². The molecule has 0 radical (unpaired) electrons. The average Bonchev–Trinajstić information content (AvgIpc) is 2.94. The summed E-state index contributed by atoms with van der Waals surface area (Å²) in [6.07, 6.45) is 5.15. The van der Waals surface area contributed by atoms with Gasteiger partial charge in [-0.2, -0.15) is 8.75 Å². The number of rotatable bonds is 7. The molecule has 1 atom stereocenters. The Balaban J connectivity index is 1.93. The summed E-state index contributed by atoms with van der Waals surface area (Å²) in [5.41, 5.74) is 2.45. The summed E-state index contributed by atoms with van der Waals surface area (Å²) in [6, 6.07) is 10.9. The second-order valence-corrected chi connectivity index (χ2v) is 4.92.